The van der Waals surface area contributed by atoms with E-state index in [0.717, 1.165) is 19.5 Å². The van der Waals surface area contributed by atoms with Gasteiger partial charge in [-0.3, -0.25) is 9.59 Å². The number of carbonyl (C=O) groups is 2. The Morgan fingerprint density at radius 3 is 2.43 bits per heavy atom. The van der Waals surface area contributed by atoms with Gasteiger partial charge in [-0.05, 0) is 44.6 Å². The second kappa shape index (κ2) is 8.60. The third-order valence-corrected chi connectivity index (χ3v) is 4.66. The zero-order valence-electron chi connectivity index (χ0n) is 13.5. The lowest BCUT2D eigenvalue weighted by Crippen LogP contribution is -2.27. The topological polar surface area (TPSA) is 49.4 Å². The van der Waals surface area contributed by atoms with E-state index in [0.29, 0.717) is 16.3 Å². The summed E-state index contributed by atoms with van der Waals surface area (Å²) < 4.78 is 0. The van der Waals surface area contributed by atoms with Gasteiger partial charge in [-0.15, -0.1) is 11.3 Å². The number of ketones is 1. The molecule has 2 rings (SSSR count). The standard InChI is InChI=1S/C18H22N2O2S/c1-14(21)16-9-10-17(23-16)18(22)19-11-6-12-20(2)13-15-7-4-3-5-8-15/h3-5,7-10H,6,11-13H2,1-2H3,(H,19,22). The average molecular weight is 330 g/mol. The van der Waals surface area contributed by atoms with Crippen LogP contribution in [0.5, 0.6) is 0 Å². The Balaban J connectivity index is 1.68. The van der Waals surface area contributed by atoms with Crippen molar-refractivity contribution in [3.05, 3.63) is 57.8 Å². The molecule has 0 fully saturated rings. The number of thiophene rings is 1. The number of rotatable bonds is 8. The highest BCUT2D eigenvalue weighted by Crippen LogP contribution is 2.16. The summed E-state index contributed by atoms with van der Waals surface area (Å²) in [5.41, 5.74) is 1.29. The molecule has 0 radical (unpaired) electrons. The van der Waals surface area contributed by atoms with Gasteiger partial charge in [-0.25, -0.2) is 0 Å². The summed E-state index contributed by atoms with van der Waals surface area (Å²) in [6.45, 7) is 3.96. The van der Waals surface area contributed by atoms with Gasteiger partial charge in [-0.1, -0.05) is 30.3 Å². The van der Waals surface area contributed by atoms with E-state index < -0.39 is 0 Å². The summed E-state index contributed by atoms with van der Waals surface area (Å²) in [4.78, 5) is 26.7. The molecule has 1 amide bonds. The molecule has 0 unspecified atom stereocenters. The molecule has 0 aliphatic carbocycles. The minimum Gasteiger partial charge on any atom is -0.351 e. The Labute approximate surface area is 141 Å². The molecular weight excluding hydrogens is 308 g/mol. The number of nitrogens with one attached hydrogen (secondary N) is 1. The molecule has 0 aliphatic heterocycles. The Morgan fingerprint density at radius 1 is 1.09 bits per heavy atom. The molecule has 4 nitrogen and oxygen atoms in total. The zero-order valence-corrected chi connectivity index (χ0v) is 14.4. The van der Waals surface area contributed by atoms with Crippen molar-refractivity contribution in [1.29, 1.82) is 0 Å². The van der Waals surface area contributed by atoms with E-state index in [4.69, 9.17) is 0 Å². The summed E-state index contributed by atoms with van der Waals surface area (Å²) in [7, 11) is 2.08. The molecule has 1 N–H and O–H groups in total. The molecule has 0 bridgehead atoms. The Kier molecular flexibility index (Phi) is 6.50. The molecule has 1 heterocycles. The normalized spacial score (nSPS) is 10.7. The van der Waals surface area contributed by atoms with Gasteiger partial charge in [0.1, 0.15) is 0 Å². The van der Waals surface area contributed by atoms with Crippen LogP contribution < -0.4 is 5.32 Å². The molecule has 0 spiro atoms. The van der Waals surface area contributed by atoms with Crippen LogP contribution in [0.4, 0.5) is 0 Å². The molecule has 0 atom stereocenters. The van der Waals surface area contributed by atoms with E-state index in [2.05, 4.69) is 29.4 Å². The zero-order chi connectivity index (χ0) is 16.7. The maximum absolute atomic E-state index is 12.0. The van der Waals surface area contributed by atoms with Crippen LogP contribution in [-0.2, 0) is 6.54 Å². The van der Waals surface area contributed by atoms with Crippen molar-refractivity contribution in [2.24, 2.45) is 0 Å². The van der Waals surface area contributed by atoms with Gasteiger partial charge in [0.2, 0.25) is 0 Å². The van der Waals surface area contributed by atoms with Crippen LogP contribution in [0.2, 0.25) is 0 Å². The smallest absolute Gasteiger partial charge is 0.261 e. The Bertz CT molecular complexity index is 652. The fourth-order valence-corrected chi connectivity index (χ4v) is 3.08. The third-order valence-electron chi connectivity index (χ3n) is 3.47. The van der Waals surface area contributed by atoms with Gasteiger partial charge >= 0.3 is 0 Å². The lowest BCUT2D eigenvalue weighted by atomic mass is 10.2. The van der Waals surface area contributed by atoms with Gasteiger partial charge < -0.3 is 10.2 Å². The first-order chi connectivity index (χ1) is 11.1. The molecule has 1 aromatic heterocycles. The van der Waals surface area contributed by atoms with Crippen molar-refractivity contribution in [3.8, 4) is 0 Å². The fraction of sp³-hybridized carbons (Fsp3) is 0.333. The molecule has 2 aromatic rings. The van der Waals surface area contributed by atoms with Crippen LogP contribution >= 0.6 is 11.3 Å². The summed E-state index contributed by atoms with van der Waals surface area (Å²) in [5, 5.41) is 2.90. The van der Waals surface area contributed by atoms with E-state index >= 15 is 0 Å². The summed E-state index contributed by atoms with van der Waals surface area (Å²) in [6.07, 6.45) is 0.889. The first kappa shape index (κ1) is 17.4. The molecule has 23 heavy (non-hydrogen) atoms. The lowest BCUT2D eigenvalue weighted by molar-refractivity contribution is 0.0955. The number of nitrogens with zero attached hydrogens (tertiary/aromatic N) is 1. The van der Waals surface area contributed by atoms with Crippen LogP contribution in [0.15, 0.2) is 42.5 Å². The van der Waals surface area contributed by atoms with Gasteiger partial charge in [0, 0.05) is 13.1 Å². The first-order valence-electron chi connectivity index (χ1n) is 7.67. The third kappa shape index (κ3) is 5.62. The van der Waals surface area contributed by atoms with Crippen molar-refractivity contribution in [1.82, 2.24) is 10.2 Å². The van der Waals surface area contributed by atoms with Crippen molar-refractivity contribution in [2.45, 2.75) is 19.9 Å². The van der Waals surface area contributed by atoms with E-state index in [-0.39, 0.29) is 11.7 Å². The van der Waals surface area contributed by atoms with E-state index in [9.17, 15) is 9.59 Å². The van der Waals surface area contributed by atoms with Crippen LogP contribution in [-0.4, -0.2) is 36.7 Å². The van der Waals surface area contributed by atoms with Crippen LogP contribution in [0.3, 0.4) is 0 Å². The van der Waals surface area contributed by atoms with E-state index in [1.807, 2.05) is 18.2 Å². The second-order valence-corrected chi connectivity index (χ2v) is 6.64. The highest BCUT2D eigenvalue weighted by atomic mass is 32.1. The number of hydrogen-bond acceptors (Lipinski definition) is 4. The van der Waals surface area contributed by atoms with E-state index in [1.54, 1.807) is 12.1 Å². The predicted molar refractivity (Wildman–Crippen MR) is 94.0 cm³/mol. The van der Waals surface area contributed by atoms with Crippen LogP contribution in [0.1, 0.15) is 38.3 Å². The molecular formula is C18H22N2O2S. The number of amides is 1. The number of carbonyl (C=O) groups excluding carboxylic acids is 2. The highest BCUT2D eigenvalue weighted by molar-refractivity contribution is 7.15. The highest BCUT2D eigenvalue weighted by Gasteiger charge is 2.10. The van der Waals surface area contributed by atoms with Crippen LogP contribution in [0, 0.1) is 0 Å². The molecule has 5 heteroatoms. The average Bonchev–Trinajstić information content (AvgIpc) is 3.02. The first-order valence-corrected chi connectivity index (χ1v) is 8.49. The molecule has 122 valence electrons. The quantitative estimate of drug-likeness (QED) is 0.597. The molecule has 1 aromatic carbocycles. The molecule has 0 saturated carbocycles. The SMILES string of the molecule is CC(=O)c1ccc(C(=O)NCCCN(C)Cc2ccccc2)s1. The minimum absolute atomic E-state index is 0.00316. The number of Topliss-reactive ketones (excluding diaryl/α,β-unsaturated/α-hetero) is 1. The summed E-state index contributed by atoms with van der Waals surface area (Å²) in [6, 6.07) is 13.7. The summed E-state index contributed by atoms with van der Waals surface area (Å²) in [5.74, 6) is -0.107. The Hall–Kier alpha value is -1.98. The summed E-state index contributed by atoms with van der Waals surface area (Å²) >= 11 is 1.24. The maximum atomic E-state index is 12.0. The van der Waals surface area contributed by atoms with E-state index in [1.165, 1.54) is 23.8 Å². The largest absolute Gasteiger partial charge is 0.351 e. The van der Waals surface area contributed by atoms with Crippen molar-refractivity contribution >= 4 is 23.0 Å². The van der Waals surface area contributed by atoms with Crippen molar-refractivity contribution in [3.63, 3.8) is 0 Å². The fourth-order valence-electron chi connectivity index (χ4n) is 2.26. The van der Waals surface area contributed by atoms with Crippen molar-refractivity contribution < 1.29 is 9.59 Å². The number of benzene rings is 1. The second-order valence-electron chi connectivity index (χ2n) is 5.55. The van der Waals surface area contributed by atoms with Gasteiger partial charge in [0.25, 0.3) is 5.91 Å². The lowest BCUT2D eigenvalue weighted by Gasteiger charge is -2.16. The molecule has 0 aliphatic rings. The monoisotopic (exact) mass is 330 g/mol. The van der Waals surface area contributed by atoms with Gasteiger partial charge in [0.05, 0.1) is 9.75 Å². The Morgan fingerprint density at radius 2 is 1.78 bits per heavy atom. The van der Waals surface area contributed by atoms with Gasteiger partial charge in [0.15, 0.2) is 5.78 Å². The van der Waals surface area contributed by atoms with Crippen molar-refractivity contribution in [2.75, 3.05) is 20.1 Å². The number of hydrogen-bond donors (Lipinski definition) is 1. The van der Waals surface area contributed by atoms with Gasteiger partial charge in [-0.2, -0.15) is 0 Å². The maximum Gasteiger partial charge on any atom is 0.261 e. The van der Waals surface area contributed by atoms with Crippen LogP contribution in [0.25, 0.3) is 0 Å². The molecule has 0 saturated heterocycles. The predicted octanol–water partition coefficient (Wildman–Crippen LogP) is 3.20. The minimum atomic E-state index is -0.104.